The first kappa shape index (κ1) is 16.8. The van der Waals surface area contributed by atoms with E-state index in [0.29, 0.717) is 16.6 Å². The van der Waals surface area contributed by atoms with Crippen LogP contribution in [-0.4, -0.2) is 24.6 Å². The van der Waals surface area contributed by atoms with Gasteiger partial charge in [-0.25, -0.2) is 4.98 Å². The summed E-state index contributed by atoms with van der Waals surface area (Å²) in [4.78, 5) is 16.2. The second kappa shape index (κ2) is 7.67. The van der Waals surface area contributed by atoms with Crippen LogP contribution in [0.3, 0.4) is 0 Å². The van der Waals surface area contributed by atoms with Gasteiger partial charge in [-0.2, -0.15) is 0 Å². The highest BCUT2D eigenvalue weighted by molar-refractivity contribution is 7.13. The van der Waals surface area contributed by atoms with Gasteiger partial charge in [-0.05, 0) is 48.5 Å². The Morgan fingerprint density at radius 2 is 1.80 bits per heavy atom. The van der Waals surface area contributed by atoms with Crippen molar-refractivity contribution in [1.82, 2.24) is 4.98 Å². The topological polar surface area (TPSA) is 86.5 Å². The molecule has 0 aliphatic heterocycles. The van der Waals surface area contributed by atoms with Gasteiger partial charge in [-0.3, -0.25) is 4.79 Å². The molecule has 3 rings (SSSR count). The van der Waals surface area contributed by atoms with Gasteiger partial charge in [-0.1, -0.05) is 0 Å². The lowest BCUT2D eigenvalue weighted by molar-refractivity contribution is -0.118. The summed E-state index contributed by atoms with van der Waals surface area (Å²) in [5, 5.41) is 5.19. The van der Waals surface area contributed by atoms with Gasteiger partial charge in [0.25, 0.3) is 5.91 Å². The predicted molar refractivity (Wildman–Crippen MR) is 99.1 cm³/mol. The van der Waals surface area contributed by atoms with E-state index in [1.165, 1.54) is 11.3 Å². The number of benzene rings is 2. The Labute approximate surface area is 149 Å². The van der Waals surface area contributed by atoms with Gasteiger partial charge in [0.2, 0.25) is 0 Å². The standard InChI is InChI=1S/C18H17N3O3S/c1-23-14-8-4-13(5-9-14)20-17(22)10-24-15-6-2-12(3-7-15)16-11-25-18(19)21-16/h2-9,11H,10H2,1H3,(H2,19,21)(H,20,22). The third kappa shape index (κ3) is 4.48. The average Bonchev–Trinajstić information content (AvgIpc) is 3.07. The highest BCUT2D eigenvalue weighted by Gasteiger charge is 2.06. The summed E-state index contributed by atoms with van der Waals surface area (Å²) >= 11 is 1.40. The summed E-state index contributed by atoms with van der Waals surface area (Å²) in [5.41, 5.74) is 8.10. The second-order valence-electron chi connectivity index (χ2n) is 5.16. The number of aromatic nitrogens is 1. The van der Waals surface area contributed by atoms with Crippen LogP contribution in [0.5, 0.6) is 11.5 Å². The molecule has 128 valence electrons. The lowest BCUT2D eigenvalue weighted by Crippen LogP contribution is -2.20. The van der Waals surface area contributed by atoms with Crippen molar-refractivity contribution in [3.8, 4) is 22.8 Å². The Balaban J connectivity index is 1.53. The summed E-state index contributed by atoms with van der Waals surface area (Å²) in [6, 6.07) is 14.4. The molecule has 6 nitrogen and oxygen atoms in total. The normalized spacial score (nSPS) is 10.3. The first-order chi connectivity index (χ1) is 12.1. The molecule has 3 N–H and O–H groups in total. The average molecular weight is 355 g/mol. The zero-order valence-electron chi connectivity index (χ0n) is 13.6. The van der Waals surface area contributed by atoms with Gasteiger partial charge in [-0.15, -0.1) is 11.3 Å². The molecule has 0 aliphatic rings. The molecule has 0 aliphatic carbocycles. The molecule has 2 aromatic carbocycles. The fourth-order valence-corrected chi connectivity index (χ4v) is 2.73. The fraction of sp³-hybridized carbons (Fsp3) is 0.111. The minimum atomic E-state index is -0.235. The zero-order chi connectivity index (χ0) is 17.6. The van der Waals surface area contributed by atoms with E-state index < -0.39 is 0 Å². The SMILES string of the molecule is COc1ccc(NC(=O)COc2ccc(-c3csc(N)n3)cc2)cc1. The van der Waals surface area contributed by atoms with E-state index in [2.05, 4.69) is 10.3 Å². The molecule has 0 saturated carbocycles. The Kier molecular flexibility index (Phi) is 5.15. The highest BCUT2D eigenvalue weighted by Crippen LogP contribution is 2.25. The summed E-state index contributed by atoms with van der Waals surface area (Å²) in [6.07, 6.45) is 0. The number of carbonyl (C=O) groups is 1. The van der Waals surface area contributed by atoms with Gasteiger partial charge in [0, 0.05) is 16.6 Å². The number of nitrogens with one attached hydrogen (secondary N) is 1. The molecule has 1 aromatic heterocycles. The van der Waals surface area contributed by atoms with Crippen LogP contribution in [0.15, 0.2) is 53.9 Å². The van der Waals surface area contributed by atoms with Crippen molar-refractivity contribution < 1.29 is 14.3 Å². The number of hydrogen-bond acceptors (Lipinski definition) is 6. The number of hydrogen-bond donors (Lipinski definition) is 2. The molecule has 1 heterocycles. The van der Waals surface area contributed by atoms with Crippen LogP contribution in [0.4, 0.5) is 10.8 Å². The maximum Gasteiger partial charge on any atom is 0.262 e. The summed E-state index contributed by atoms with van der Waals surface area (Å²) in [7, 11) is 1.59. The minimum Gasteiger partial charge on any atom is -0.497 e. The van der Waals surface area contributed by atoms with Gasteiger partial charge in [0.1, 0.15) is 11.5 Å². The first-order valence-electron chi connectivity index (χ1n) is 7.52. The van der Waals surface area contributed by atoms with Crippen molar-refractivity contribution in [1.29, 1.82) is 0 Å². The molecule has 0 unspecified atom stereocenters. The summed E-state index contributed by atoms with van der Waals surface area (Å²) in [5.74, 6) is 1.11. The fourth-order valence-electron chi connectivity index (χ4n) is 2.16. The third-order valence-electron chi connectivity index (χ3n) is 3.42. The summed E-state index contributed by atoms with van der Waals surface area (Å²) in [6.45, 7) is -0.0744. The molecular formula is C18H17N3O3S. The van der Waals surface area contributed by atoms with Gasteiger partial charge >= 0.3 is 0 Å². The van der Waals surface area contributed by atoms with Gasteiger partial charge in [0.15, 0.2) is 11.7 Å². The molecule has 3 aromatic rings. The van der Waals surface area contributed by atoms with Crippen molar-refractivity contribution in [3.63, 3.8) is 0 Å². The highest BCUT2D eigenvalue weighted by atomic mass is 32.1. The van der Waals surface area contributed by atoms with Crippen molar-refractivity contribution in [2.45, 2.75) is 0 Å². The van der Waals surface area contributed by atoms with Crippen molar-refractivity contribution in [2.75, 3.05) is 24.8 Å². The Hall–Kier alpha value is -3.06. The number of carbonyl (C=O) groups excluding carboxylic acids is 1. The minimum absolute atomic E-state index is 0.0744. The van der Waals surface area contributed by atoms with Gasteiger partial charge < -0.3 is 20.5 Å². The van der Waals surface area contributed by atoms with E-state index in [1.807, 2.05) is 17.5 Å². The maximum atomic E-state index is 11.9. The third-order valence-corrected chi connectivity index (χ3v) is 4.09. The van der Waals surface area contributed by atoms with Crippen LogP contribution in [0.2, 0.25) is 0 Å². The second-order valence-corrected chi connectivity index (χ2v) is 6.05. The lowest BCUT2D eigenvalue weighted by Gasteiger charge is -2.08. The van der Waals surface area contributed by atoms with Crippen LogP contribution in [0.25, 0.3) is 11.3 Å². The zero-order valence-corrected chi connectivity index (χ0v) is 14.4. The number of methoxy groups -OCH3 is 1. The molecular weight excluding hydrogens is 338 g/mol. The molecule has 0 atom stereocenters. The van der Waals surface area contributed by atoms with E-state index in [1.54, 1.807) is 43.5 Å². The number of ether oxygens (including phenoxy) is 2. The van der Waals surface area contributed by atoms with Crippen LogP contribution in [-0.2, 0) is 4.79 Å². The molecule has 0 bridgehead atoms. The van der Waals surface area contributed by atoms with Crippen LogP contribution < -0.4 is 20.5 Å². The van der Waals surface area contributed by atoms with E-state index in [9.17, 15) is 4.79 Å². The number of nitrogen functional groups attached to an aromatic ring is 1. The monoisotopic (exact) mass is 355 g/mol. The largest absolute Gasteiger partial charge is 0.497 e. The molecule has 1 amide bonds. The number of nitrogens with zero attached hydrogens (tertiary/aromatic N) is 1. The number of thiazole rings is 1. The number of anilines is 2. The first-order valence-corrected chi connectivity index (χ1v) is 8.40. The predicted octanol–water partition coefficient (Wildman–Crippen LogP) is 3.42. The van der Waals surface area contributed by atoms with E-state index >= 15 is 0 Å². The number of amides is 1. The number of nitrogens with two attached hydrogens (primary N) is 1. The quantitative estimate of drug-likeness (QED) is 0.707. The van der Waals surface area contributed by atoms with E-state index in [0.717, 1.165) is 17.0 Å². The van der Waals surface area contributed by atoms with Crippen molar-refractivity contribution in [2.24, 2.45) is 0 Å². The molecule has 0 saturated heterocycles. The van der Waals surface area contributed by atoms with Crippen LogP contribution in [0, 0.1) is 0 Å². The van der Waals surface area contributed by atoms with Crippen molar-refractivity contribution in [3.05, 3.63) is 53.9 Å². The van der Waals surface area contributed by atoms with Gasteiger partial charge in [0.05, 0.1) is 12.8 Å². The number of rotatable bonds is 6. The molecule has 0 spiro atoms. The van der Waals surface area contributed by atoms with E-state index in [-0.39, 0.29) is 12.5 Å². The smallest absolute Gasteiger partial charge is 0.262 e. The lowest BCUT2D eigenvalue weighted by atomic mass is 10.2. The molecule has 0 fully saturated rings. The maximum absolute atomic E-state index is 11.9. The Bertz CT molecular complexity index is 845. The molecule has 25 heavy (non-hydrogen) atoms. The molecule has 7 heteroatoms. The van der Waals surface area contributed by atoms with Crippen LogP contribution in [0.1, 0.15) is 0 Å². The Morgan fingerprint density at radius 3 is 2.40 bits per heavy atom. The van der Waals surface area contributed by atoms with Crippen molar-refractivity contribution >= 4 is 28.1 Å². The Morgan fingerprint density at radius 1 is 1.12 bits per heavy atom. The van der Waals surface area contributed by atoms with Crippen LogP contribution >= 0.6 is 11.3 Å². The summed E-state index contributed by atoms with van der Waals surface area (Å²) < 4.78 is 10.6. The molecule has 0 radical (unpaired) electrons. The van der Waals surface area contributed by atoms with E-state index in [4.69, 9.17) is 15.2 Å².